The van der Waals surface area contributed by atoms with Gasteiger partial charge in [-0.2, -0.15) is 5.10 Å². The smallest absolute Gasteiger partial charge is 0.343 e. The second kappa shape index (κ2) is 10.4. The second-order valence-corrected chi connectivity index (χ2v) is 7.04. The highest BCUT2D eigenvalue weighted by atomic mass is 79.9. The fraction of sp³-hybridized carbons (Fsp3) is 0.0870. The number of esters is 1. The van der Waals surface area contributed by atoms with Crippen molar-refractivity contribution in [3.63, 3.8) is 0 Å². The standard InChI is InChI=1S/C23H19BrN2O4/c1-2-29-20-12-8-17(9-13-20)23(28)30-21-10-6-16(7-11-21)15-25-26-22(27)18-4-3-5-19(24)14-18/h3-15H,2H2,1H3,(H,26,27)/b25-15+. The van der Waals surface area contributed by atoms with Crippen LogP contribution in [0.2, 0.25) is 0 Å². The molecule has 3 aromatic rings. The molecule has 0 atom stereocenters. The van der Waals surface area contributed by atoms with E-state index in [0.717, 1.165) is 10.0 Å². The van der Waals surface area contributed by atoms with E-state index in [4.69, 9.17) is 9.47 Å². The van der Waals surface area contributed by atoms with E-state index in [1.165, 1.54) is 6.21 Å². The Morgan fingerprint density at radius 1 is 0.967 bits per heavy atom. The van der Waals surface area contributed by atoms with Gasteiger partial charge < -0.3 is 9.47 Å². The largest absolute Gasteiger partial charge is 0.494 e. The van der Waals surface area contributed by atoms with Gasteiger partial charge in [0.2, 0.25) is 0 Å². The molecule has 3 rings (SSSR count). The zero-order valence-electron chi connectivity index (χ0n) is 16.2. The molecule has 0 aliphatic heterocycles. The van der Waals surface area contributed by atoms with Crippen molar-refractivity contribution in [2.45, 2.75) is 6.92 Å². The van der Waals surface area contributed by atoms with Crippen molar-refractivity contribution in [2.75, 3.05) is 6.61 Å². The molecule has 1 N–H and O–H groups in total. The number of rotatable bonds is 7. The topological polar surface area (TPSA) is 77.0 Å². The van der Waals surface area contributed by atoms with Crippen molar-refractivity contribution in [1.29, 1.82) is 0 Å². The van der Waals surface area contributed by atoms with E-state index in [1.54, 1.807) is 66.7 Å². The summed E-state index contributed by atoms with van der Waals surface area (Å²) in [7, 11) is 0. The van der Waals surface area contributed by atoms with Gasteiger partial charge in [-0.15, -0.1) is 0 Å². The molecule has 0 fully saturated rings. The van der Waals surface area contributed by atoms with E-state index in [2.05, 4.69) is 26.5 Å². The van der Waals surface area contributed by atoms with E-state index >= 15 is 0 Å². The summed E-state index contributed by atoms with van der Waals surface area (Å²) in [5.41, 5.74) is 4.14. The first-order valence-electron chi connectivity index (χ1n) is 9.19. The van der Waals surface area contributed by atoms with Crippen molar-refractivity contribution >= 4 is 34.0 Å². The van der Waals surface area contributed by atoms with Gasteiger partial charge in [-0.05, 0) is 79.2 Å². The molecular weight excluding hydrogens is 448 g/mol. The van der Waals surface area contributed by atoms with E-state index in [9.17, 15) is 9.59 Å². The number of hydrogen-bond acceptors (Lipinski definition) is 5. The average molecular weight is 467 g/mol. The van der Waals surface area contributed by atoms with E-state index < -0.39 is 5.97 Å². The first-order chi connectivity index (χ1) is 14.5. The molecule has 6 nitrogen and oxygen atoms in total. The third-order valence-electron chi connectivity index (χ3n) is 3.96. The molecule has 0 radical (unpaired) electrons. The molecule has 0 bridgehead atoms. The van der Waals surface area contributed by atoms with Crippen LogP contribution in [0.25, 0.3) is 0 Å². The lowest BCUT2D eigenvalue weighted by molar-refractivity contribution is 0.0734. The van der Waals surface area contributed by atoms with E-state index in [1.807, 2.05) is 13.0 Å². The van der Waals surface area contributed by atoms with E-state index in [0.29, 0.717) is 29.2 Å². The Balaban J connectivity index is 1.54. The van der Waals surface area contributed by atoms with Crippen molar-refractivity contribution < 1.29 is 19.1 Å². The lowest BCUT2D eigenvalue weighted by Gasteiger charge is -2.06. The molecule has 0 aliphatic carbocycles. The highest BCUT2D eigenvalue weighted by Gasteiger charge is 2.09. The van der Waals surface area contributed by atoms with Crippen LogP contribution in [0.5, 0.6) is 11.5 Å². The number of ether oxygens (including phenoxy) is 2. The van der Waals surface area contributed by atoms with E-state index in [-0.39, 0.29) is 5.91 Å². The quantitative estimate of drug-likeness (QED) is 0.234. The maximum Gasteiger partial charge on any atom is 0.343 e. The van der Waals surface area contributed by atoms with Crippen LogP contribution in [0.4, 0.5) is 0 Å². The predicted octanol–water partition coefficient (Wildman–Crippen LogP) is 4.83. The SMILES string of the molecule is CCOc1ccc(C(=O)Oc2ccc(/C=N/NC(=O)c3cccc(Br)c3)cc2)cc1. The lowest BCUT2D eigenvalue weighted by atomic mass is 10.2. The third-order valence-corrected chi connectivity index (χ3v) is 4.45. The fourth-order valence-corrected chi connectivity index (χ4v) is 2.90. The van der Waals surface area contributed by atoms with Crippen LogP contribution in [-0.4, -0.2) is 24.7 Å². The van der Waals surface area contributed by atoms with Crippen LogP contribution in [0.3, 0.4) is 0 Å². The Hall–Kier alpha value is -3.45. The molecule has 0 aliphatic rings. The van der Waals surface area contributed by atoms with Crippen LogP contribution in [0, 0.1) is 0 Å². The summed E-state index contributed by atoms with van der Waals surface area (Å²) in [4.78, 5) is 24.3. The summed E-state index contributed by atoms with van der Waals surface area (Å²) in [5, 5.41) is 3.95. The van der Waals surface area contributed by atoms with Gasteiger partial charge in [0.25, 0.3) is 5.91 Å². The minimum atomic E-state index is -0.458. The zero-order chi connectivity index (χ0) is 21.3. The number of hydrazone groups is 1. The average Bonchev–Trinajstić information content (AvgIpc) is 2.75. The summed E-state index contributed by atoms with van der Waals surface area (Å²) in [6.07, 6.45) is 1.51. The number of carbonyl (C=O) groups is 2. The van der Waals surface area contributed by atoms with Crippen LogP contribution >= 0.6 is 15.9 Å². The molecule has 152 valence electrons. The van der Waals surface area contributed by atoms with Crippen LogP contribution in [0.1, 0.15) is 33.2 Å². The van der Waals surface area contributed by atoms with Gasteiger partial charge in [-0.25, -0.2) is 10.2 Å². The number of nitrogens with one attached hydrogen (secondary N) is 1. The molecule has 3 aromatic carbocycles. The van der Waals surface area contributed by atoms with Crippen molar-refractivity contribution in [1.82, 2.24) is 5.43 Å². The fourth-order valence-electron chi connectivity index (χ4n) is 2.50. The number of halogens is 1. The zero-order valence-corrected chi connectivity index (χ0v) is 17.8. The van der Waals surface area contributed by atoms with Crippen LogP contribution in [0.15, 0.2) is 82.4 Å². The molecule has 0 heterocycles. The number of nitrogens with zero attached hydrogens (tertiary/aromatic N) is 1. The Kier molecular flexibility index (Phi) is 7.34. The molecule has 30 heavy (non-hydrogen) atoms. The monoisotopic (exact) mass is 466 g/mol. The number of hydrogen-bond donors (Lipinski definition) is 1. The molecule has 0 spiro atoms. The number of amides is 1. The van der Waals surface area contributed by atoms with Crippen molar-refractivity contribution in [3.8, 4) is 11.5 Å². The molecule has 0 saturated carbocycles. The summed E-state index contributed by atoms with van der Waals surface area (Å²) < 4.78 is 11.5. The Bertz CT molecular complexity index is 1050. The highest BCUT2D eigenvalue weighted by Crippen LogP contribution is 2.16. The molecule has 0 saturated heterocycles. The molecule has 0 unspecified atom stereocenters. The first kappa shape index (κ1) is 21.3. The third kappa shape index (κ3) is 6.02. The van der Waals surface area contributed by atoms with Gasteiger partial charge in [0.15, 0.2) is 0 Å². The number of benzene rings is 3. The van der Waals surface area contributed by atoms with Gasteiger partial charge in [0.1, 0.15) is 11.5 Å². The van der Waals surface area contributed by atoms with Gasteiger partial charge in [-0.1, -0.05) is 22.0 Å². The Labute approximate surface area is 182 Å². The van der Waals surface area contributed by atoms with Gasteiger partial charge >= 0.3 is 5.97 Å². The van der Waals surface area contributed by atoms with Crippen LogP contribution < -0.4 is 14.9 Å². The lowest BCUT2D eigenvalue weighted by Crippen LogP contribution is -2.17. The molecule has 7 heteroatoms. The Morgan fingerprint density at radius 3 is 2.33 bits per heavy atom. The number of carbonyl (C=O) groups excluding carboxylic acids is 2. The normalized spacial score (nSPS) is 10.6. The summed E-state index contributed by atoms with van der Waals surface area (Å²) in [6, 6.07) is 20.6. The minimum absolute atomic E-state index is 0.312. The predicted molar refractivity (Wildman–Crippen MR) is 118 cm³/mol. The second-order valence-electron chi connectivity index (χ2n) is 6.13. The van der Waals surface area contributed by atoms with Gasteiger partial charge in [-0.3, -0.25) is 4.79 Å². The highest BCUT2D eigenvalue weighted by molar-refractivity contribution is 9.10. The van der Waals surface area contributed by atoms with Crippen molar-refractivity contribution in [2.24, 2.45) is 5.10 Å². The summed E-state index contributed by atoms with van der Waals surface area (Å²) in [5.74, 6) is 0.336. The first-order valence-corrected chi connectivity index (χ1v) is 9.98. The van der Waals surface area contributed by atoms with Crippen LogP contribution in [-0.2, 0) is 0 Å². The maximum atomic E-state index is 12.2. The summed E-state index contributed by atoms with van der Waals surface area (Å²) in [6.45, 7) is 2.46. The van der Waals surface area contributed by atoms with Gasteiger partial charge in [0, 0.05) is 10.0 Å². The maximum absolute atomic E-state index is 12.2. The Morgan fingerprint density at radius 2 is 1.67 bits per heavy atom. The van der Waals surface area contributed by atoms with Crippen molar-refractivity contribution in [3.05, 3.63) is 94.0 Å². The minimum Gasteiger partial charge on any atom is -0.494 e. The van der Waals surface area contributed by atoms with Gasteiger partial charge in [0.05, 0.1) is 18.4 Å². The molecule has 0 aromatic heterocycles. The summed E-state index contributed by atoms with van der Waals surface area (Å²) >= 11 is 3.32. The molecular formula is C23H19BrN2O4. The molecule has 1 amide bonds.